The van der Waals surface area contributed by atoms with Crippen molar-refractivity contribution in [3.63, 3.8) is 0 Å². The maximum absolute atomic E-state index is 15.5. The number of aromatic nitrogens is 2. The van der Waals surface area contributed by atoms with Crippen molar-refractivity contribution in [3.05, 3.63) is 104 Å². The standard InChI is InChI=1S/C24H21FN2O7/c1-14-12-27(24(31)26-20(14)28)21-18(25)19(34-23(30)16-10-6-3-7-11-16)17(33-21)13-32-22(29)15-8-4-2-5-9-15/h2-12,17-19,21H,13H2,1H3,(H,26,28,31)/i25-1. The molecular formula is C24H21FN2O7. The quantitative estimate of drug-likeness (QED) is 0.552. The van der Waals surface area contributed by atoms with E-state index in [0.29, 0.717) is 0 Å². The van der Waals surface area contributed by atoms with Crippen LogP contribution in [-0.2, 0) is 14.2 Å². The third-order valence-corrected chi connectivity index (χ3v) is 5.33. The second-order valence-electron chi connectivity index (χ2n) is 7.69. The molecule has 1 aliphatic rings. The van der Waals surface area contributed by atoms with Crippen molar-refractivity contribution in [3.8, 4) is 0 Å². The minimum absolute atomic E-state index is 0.159. The highest BCUT2D eigenvalue weighted by atomic mass is 18.2. The average molecular weight is 467 g/mol. The highest BCUT2D eigenvalue weighted by Crippen LogP contribution is 2.34. The molecule has 0 aliphatic carbocycles. The van der Waals surface area contributed by atoms with Gasteiger partial charge in [-0.15, -0.1) is 0 Å². The number of nitrogens with one attached hydrogen (secondary N) is 1. The summed E-state index contributed by atoms with van der Waals surface area (Å²) in [6.45, 7) is 1.01. The number of aromatic amines is 1. The van der Waals surface area contributed by atoms with Crippen LogP contribution < -0.4 is 11.2 Å². The minimum atomic E-state index is -1.99. The predicted molar refractivity (Wildman–Crippen MR) is 117 cm³/mol. The Morgan fingerprint density at radius 2 is 1.59 bits per heavy atom. The molecule has 34 heavy (non-hydrogen) atoms. The number of aryl methyl sites for hydroxylation is 1. The number of H-pyrrole nitrogens is 1. The first kappa shape index (κ1) is 23.1. The van der Waals surface area contributed by atoms with Crippen molar-refractivity contribution in [2.75, 3.05) is 6.61 Å². The Balaban J connectivity index is 1.59. The number of hydrogen-bond acceptors (Lipinski definition) is 7. The van der Waals surface area contributed by atoms with Gasteiger partial charge in [-0.3, -0.25) is 14.3 Å². The summed E-state index contributed by atoms with van der Waals surface area (Å²) >= 11 is 0. The minimum Gasteiger partial charge on any atom is -0.459 e. The number of rotatable bonds is 6. The molecule has 10 heteroatoms. The van der Waals surface area contributed by atoms with E-state index in [1.165, 1.54) is 19.1 Å². The Labute approximate surface area is 192 Å². The number of esters is 2. The fourth-order valence-electron chi connectivity index (χ4n) is 3.55. The third-order valence-electron chi connectivity index (χ3n) is 5.33. The van der Waals surface area contributed by atoms with Gasteiger partial charge in [0.2, 0.25) is 0 Å². The second kappa shape index (κ2) is 9.84. The van der Waals surface area contributed by atoms with E-state index < -0.39 is 54.4 Å². The largest absolute Gasteiger partial charge is 0.459 e. The van der Waals surface area contributed by atoms with Gasteiger partial charge in [0.15, 0.2) is 18.5 Å². The molecule has 4 rings (SSSR count). The van der Waals surface area contributed by atoms with Crippen LogP contribution in [0.5, 0.6) is 0 Å². The maximum atomic E-state index is 15.5. The number of benzene rings is 2. The zero-order valence-corrected chi connectivity index (χ0v) is 18.1. The molecule has 1 N–H and O–H groups in total. The van der Waals surface area contributed by atoms with Gasteiger partial charge in [-0.1, -0.05) is 36.4 Å². The van der Waals surface area contributed by atoms with Crippen molar-refractivity contribution < 1.29 is 28.2 Å². The van der Waals surface area contributed by atoms with E-state index in [4.69, 9.17) is 14.2 Å². The molecule has 2 heterocycles. The molecule has 0 radical (unpaired) electrons. The lowest BCUT2D eigenvalue weighted by Gasteiger charge is -2.19. The third kappa shape index (κ3) is 4.81. The summed E-state index contributed by atoms with van der Waals surface area (Å²) in [7, 11) is 0. The van der Waals surface area contributed by atoms with E-state index in [1.807, 2.05) is 0 Å². The molecule has 0 bridgehead atoms. The molecule has 1 aliphatic heterocycles. The highest BCUT2D eigenvalue weighted by molar-refractivity contribution is 5.90. The van der Waals surface area contributed by atoms with Gasteiger partial charge in [0.1, 0.15) is 12.7 Å². The molecule has 176 valence electrons. The fraction of sp³-hybridized carbons (Fsp3) is 0.250. The molecule has 1 saturated heterocycles. The van der Waals surface area contributed by atoms with Gasteiger partial charge in [0, 0.05) is 11.8 Å². The number of hydrogen-bond donors (Lipinski definition) is 1. The van der Waals surface area contributed by atoms with Crippen LogP contribution in [0.15, 0.2) is 76.4 Å². The van der Waals surface area contributed by atoms with Crippen molar-refractivity contribution in [2.45, 2.75) is 31.5 Å². The van der Waals surface area contributed by atoms with Crippen LogP contribution in [0, 0.1) is 6.92 Å². The summed E-state index contributed by atoms with van der Waals surface area (Å²) in [5.41, 5.74) is -0.880. The summed E-state index contributed by atoms with van der Waals surface area (Å²) in [4.78, 5) is 51.0. The van der Waals surface area contributed by atoms with E-state index in [2.05, 4.69) is 4.98 Å². The van der Waals surface area contributed by atoms with E-state index >= 15 is 4.39 Å². The fourth-order valence-corrected chi connectivity index (χ4v) is 3.55. The van der Waals surface area contributed by atoms with Gasteiger partial charge in [-0.05, 0) is 31.2 Å². The summed E-state index contributed by atoms with van der Waals surface area (Å²) < 4.78 is 32.7. The number of alkyl halides is 1. The van der Waals surface area contributed by atoms with Crippen LogP contribution in [-0.4, -0.2) is 46.5 Å². The maximum Gasteiger partial charge on any atom is 0.338 e. The zero-order chi connectivity index (χ0) is 24.2. The molecule has 4 atom stereocenters. The van der Waals surface area contributed by atoms with Crippen LogP contribution in [0.1, 0.15) is 32.5 Å². The Morgan fingerprint density at radius 1 is 1.00 bits per heavy atom. The van der Waals surface area contributed by atoms with E-state index in [1.54, 1.807) is 48.5 Å². The van der Waals surface area contributed by atoms with Gasteiger partial charge in [0.25, 0.3) is 5.56 Å². The Morgan fingerprint density at radius 3 is 2.21 bits per heavy atom. The zero-order valence-electron chi connectivity index (χ0n) is 18.1. The number of ether oxygens (including phenoxy) is 3. The summed E-state index contributed by atoms with van der Waals surface area (Å²) in [5, 5.41) is 0. The Kier molecular flexibility index (Phi) is 6.69. The number of nitrogens with zero attached hydrogens (tertiary/aromatic N) is 1. The number of carbonyl (C=O) groups excluding carboxylic acids is 2. The van der Waals surface area contributed by atoms with Gasteiger partial charge in [-0.2, -0.15) is 0 Å². The van der Waals surface area contributed by atoms with Crippen LogP contribution in [0.4, 0.5) is 4.39 Å². The van der Waals surface area contributed by atoms with Crippen LogP contribution in [0.25, 0.3) is 0 Å². The molecule has 9 nitrogen and oxygen atoms in total. The molecule has 3 aromatic rings. The molecule has 1 fully saturated rings. The van der Waals surface area contributed by atoms with Crippen LogP contribution in [0.2, 0.25) is 0 Å². The molecular weight excluding hydrogens is 446 g/mol. The Hall–Kier alpha value is -4.05. The molecule has 0 spiro atoms. The van der Waals surface area contributed by atoms with Gasteiger partial charge >= 0.3 is 17.6 Å². The lowest BCUT2D eigenvalue weighted by Crippen LogP contribution is -2.38. The smallest absolute Gasteiger partial charge is 0.338 e. The second-order valence-corrected chi connectivity index (χ2v) is 7.69. The molecule has 0 saturated carbocycles. The first-order valence-corrected chi connectivity index (χ1v) is 10.4. The van der Waals surface area contributed by atoms with Crippen molar-refractivity contribution in [2.24, 2.45) is 0 Å². The number of carbonyl (C=O) groups is 2. The molecule has 0 amide bonds. The predicted octanol–water partition coefficient (Wildman–Crippen LogP) is 2.16. The van der Waals surface area contributed by atoms with Crippen molar-refractivity contribution >= 4 is 11.9 Å². The summed E-state index contributed by atoms with van der Waals surface area (Å²) in [5.74, 6) is -1.48. The number of halogens is 1. The molecule has 1 aromatic heterocycles. The first-order chi connectivity index (χ1) is 16.3. The normalized spacial score (nSPS) is 21.7. The lowest BCUT2D eigenvalue weighted by atomic mass is 10.1. The SMILES string of the molecule is Cc1cn(C2OC(COC(=O)c3ccccc3)C(OC(=O)c3ccccc3)C2[18F])c(=O)[nH]c1=O. The van der Waals surface area contributed by atoms with E-state index in [0.717, 1.165) is 10.8 Å². The monoisotopic (exact) mass is 467 g/mol. The van der Waals surface area contributed by atoms with Gasteiger partial charge in [0.05, 0.1) is 11.1 Å². The molecule has 4 unspecified atom stereocenters. The molecule has 2 aromatic carbocycles. The van der Waals surface area contributed by atoms with Gasteiger partial charge in [-0.25, -0.2) is 18.8 Å². The first-order valence-electron chi connectivity index (χ1n) is 10.4. The summed E-state index contributed by atoms with van der Waals surface area (Å²) in [6, 6.07) is 16.1. The van der Waals surface area contributed by atoms with Crippen LogP contribution in [0.3, 0.4) is 0 Å². The summed E-state index contributed by atoms with van der Waals surface area (Å²) in [6.07, 6.45) is -5.04. The van der Waals surface area contributed by atoms with Crippen molar-refractivity contribution in [1.29, 1.82) is 0 Å². The van der Waals surface area contributed by atoms with Gasteiger partial charge < -0.3 is 14.2 Å². The van der Waals surface area contributed by atoms with Crippen molar-refractivity contribution in [1.82, 2.24) is 9.55 Å². The average Bonchev–Trinajstić information content (AvgIpc) is 3.15. The van der Waals surface area contributed by atoms with E-state index in [-0.39, 0.29) is 16.7 Å². The highest BCUT2D eigenvalue weighted by Gasteiger charge is 2.49. The van der Waals surface area contributed by atoms with E-state index in [9.17, 15) is 19.2 Å². The Bertz CT molecular complexity index is 1290. The van der Waals surface area contributed by atoms with Crippen LogP contribution >= 0.6 is 0 Å². The lowest BCUT2D eigenvalue weighted by molar-refractivity contribution is -0.0592. The topological polar surface area (TPSA) is 117 Å².